The normalized spacial score (nSPS) is 18.3. The van der Waals surface area contributed by atoms with Crippen LogP contribution in [0.15, 0.2) is 18.2 Å². The van der Waals surface area contributed by atoms with Crippen molar-refractivity contribution in [1.82, 2.24) is 10.2 Å². The van der Waals surface area contributed by atoms with Crippen LogP contribution in [0.3, 0.4) is 0 Å². The number of piperidine rings is 1. The van der Waals surface area contributed by atoms with Crippen molar-refractivity contribution < 1.29 is 9.18 Å². The molecular formula is C19H28ClFN2OS. The summed E-state index contributed by atoms with van der Waals surface area (Å²) in [4.78, 5) is 14.4. The van der Waals surface area contributed by atoms with Gasteiger partial charge < -0.3 is 10.2 Å². The summed E-state index contributed by atoms with van der Waals surface area (Å²) in [5, 5.41) is 3.36. The van der Waals surface area contributed by atoms with E-state index in [4.69, 9.17) is 11.6 Å². The molecule has 0 spiro atoms. The zero-order valence-electron chi connectivity index (χ0n) is 14.9. The Hall–Kier alpha value is -0.780. The van der Waals surface area contributed by atoms with E-state index in [0.29, 0.717) is 34.7 Å². The predicted octanol–water partition coefficient (Wildman–Crippen LogP) is 4.48. The lowest BCUT2D eigenvalue weighted by molar-refractivity contribution is -0.118. The average molecular weight is 387 g/mol. The van der Waals surface area contributed by atoms with Crippen molar-refractivity contribution in [3.63, 3.8) is 0 Å². The minimum absolute atomic E-state index is 0.0186. The van der Waals surface area contributed by atoms with Crippen LogP contribution in [-0.2, 0) is 10.5 Å². The second-order valence-corrected chi connectivity index (χ2v) is 7.95. The van der Waals surface area contributed by atoms with Crippen LogP contribution in [0, 0.1) is 5.82 Å². The van der Waals surface area contributed by atoms with E-state index in [9.17, 15) is 9.18 Å². The molecule has 0 radical (unpaired) electrons. The van der Waals surface area contributed by atoms with Crippen LogP contribution < -0.4 is 5.32 Å². The van der Waals surface area contributed by atoms with Crippen molar-refractivity contribution in [3.05, 3.63) is 34.6 Å². The zero-order valence-corrected chi connectivity index (χ0v) is 16.5. The Bertz CT molecular complexity index is 558. The molecule has 1 aromatic rings. The fourth-order valence-corrected chi connectivity index (χ4v) is 4.27. The number of nitrogens with one attached hydrogen (secondary N) is 1. The predicted molar refractivity (Wildman–Crippen MR) is 105 cm³/mol. The first-order chi connectivity index (χ1) is 12.1. The molecule has 0 saturated carbocycles. The first-order valence-corrected chi connectivity index (χ1v) is 10.7. The van der Waals surface area contributed by atoms with Gasteiger partial charge in [-0.2, -0.15) is 0 Å². The van der Waals surface area contributed by atoms with Crippen LogP contribution in [-0.4, -0.2) is 42.2 Å². The van der Waals surface area contributed by atoms with Gasteiger partial charge in [0.05, 0.1) is 5.75 Å². The molecule has 25 heavy (non-hydrogen) atoms. The maximum absolute atomic E-state index is 13.7. The highest BCUT2D eigenvalue weighted by Crippen LogP contribution is 2.20. The number of hydrogen-bond donors (Lipinski definition) is 1. The van der Waals surface area contributed by atoms with Crippen molar-refractivity contribution in [2.24, 2.45) is 0 Å². The lowest BCUT2D eigenvalue weighted by Gasteiger charge is -2.35. The van der Waals surface area contributed by atoms with Crippen LogP contribution >= 0.6 is 23.4 Å². The number of benzene rings is 1. The van der Waals surface area contributed by atoms with Gasteiger partial charge in [0.1, 0.15) is 5.82 Å². The number of thioether (sulfide) groups is 1. The first kappa shape index (κ1) is 20.5. The molecule has 3 nitrogen and oxygen atoms in total. The minimum Gasteiger partial charge on any atom is -0.355 e. The molecule has 1 N–H and O–H groups in total. The van der Waals surface area contributed by atoms with Gasteiger partial charge in [-0.05, 0) is 49.9 Å². The number of hydrogen-bond acceptors (Lipinski definition) is 3. The van der Waals surface area contributed by atoms with E-state index >= 15 is 0 Å². The molecule has 0 aromatic heterocycles. The molecule has 1 aromatic carbocycles. The standard InChI is InChI=1S/C19H28ClFN2OS/c1-2-17-6-3-4-10-23(17)11-5-9-22-19(24)14-25-13-15-7-8-16(20)12-18(15)21/h7-8,12,17H,2-6,9-11,13-14H2,1H3,(H,22,24)/t17-/m0/s1. The molecule has 140 valence electrons. The summed E-state index contributed by atoms with van der Waals surface area (Å²) in [5.41, 5.74) is 0.581. The van der Waals surface area contributed by atoms with E-state index in [-0.39, 0.29) is 11.7 Å². The fourth-order valence-electron chi connectivity index (χ4n) is 3.27. The van der Waals surface area contributed by atoms with Crippen LogP contribution in [0.5, 0.6) is 0 Å². The molecule has 0 aliphatic carbocycles. The Kier molecular flexibility index (Phi) is 9.07. The molecule has 1 heterocycles. The first-order valence-electron chi connectivity index (χ1n) is 9.12. The third-order valence-electron chi connectivity index (χ3n) is 4.67. The second-order valence-electron chi connectivity index (χ2n) is 6.53. The molecule has 0 bridgehead atoms. The highest BCUT2D eigenvalue weighted by Gasteiger charge is 2.19. The Morgan fingerprint density at radius 2 is 2.28 bits per heavy atom. The van der Waals surface area contributed by atoms with Gasteiger partial charge in [0.2, 0.25) is 5.91 Å². The topological polar surface area (TPSA) is 32.3 Å². The third kappa shape index (κ3) is 7.16. The molecular weight excluding hydrogens is 359 g/mol. The highest BCUT2D eigenvalue weighted by atomic mass is 35.5. The zero-order chi connectivity index (χ0) is 18.1. The van der Waals surface area contributed by atoms with E-state index < -0.39 is 0 Å². The Morgan fingerprint density at radius 1 is 1.44 bits per heavy atom. The number of halogens is 2. The summed E-state index contributed by atoms with van der Waals surface area (Å²) in [7, 11) is 0. The van der Waals surface area contributed by atoms with Crippen molar-refractivity contribution in [3.8, 4) is 0 Å². The molecule has 1 aliphatic rings. The lowest BCUT2D eigenvalue weighted by atomic mass is 10.00. The molecule has 1 amide bonds. The van der Waals surface area contributed by atoms with Crippen molar-refractivity contribution in [2.45, 2.75) is 50.8 Å². The van der Waals surface area contributed by atoms with Gasteiger partial charge in [-0.15, -0.1) is 11.8 Å². The molecule has 2 rings (SSSR count). The summed E-state index contributed by atoms with van der Waals surface area (Å²) >= 11 is 7.15. The van der Waals surface area contributed by atoms with Crippen LogP contribution in [0.4, 0.5) is 4.39 Å². The molecule has 6 heteroatoms. The van der Waals surface area contributed by atoms with E-state index in [2.05, 4.69) is 17.1 Å². The Labute approximate surface area is 159 Å². The number of rotatable bonds is 9. The number of carbonyl (C=O) groups excluding carboxylic acids is 1. The average Bonchev–Trinajstić information content (AvgIpc) is 2.61. The highest BCUT2D eigenvalue weighted by molar-refractivity contribution is 7.99. The van der Waals surface area contributed by atoms with E-state index in [1.807, 2.05) is 0 Å². The van der Waals surface area contributed by atoms with Gasteiger partial charge in [0.25, 0.3) is 0 Å². The van der Waals surface area contributed by atoms with Gasteiger partial charge in [0.15, 0.2) is 0 Å². The minimum atomic E-state index is -0.313. The SMILES string of the molecule is CC[C@H]1CCCCN1CCCNC(=O)CSCc1ccc(Cl)cc1F. The number of nitrogens with zero attached hydrogens (tertiary/aromatic N) is 1. The molecule has 1 aliphatic heterocycles. The molecule has 1 atom stereocenters. The number of carbonyl (C=O) groups is 1. The number of amides is 1. The lowest BCUT2D eigenvalue weighted by Crippen LogP contribution is -2.40. The third-order valence-corrected chi connectivity index (χ3v) is 5.89. The summed E-state index contributed by atoms with van der Waals surface area (Å²) < 4.78 is 13.7. The maximum atomic E-state index is 13.7. The monoisotopic (exact) mass is 386 g/mol. The van der Waals surface area contributed by atoms with Gasteiger partial charge in [-0.3, -0.25) is 4.79 Å². The quantitative estimate of drug-likeness (QED) is 0.635. The van der Waals surface area contributed by atoms with E-state index in [1.54, 1.807) is 12.1 Å². The second kappa shape index (κ2) is 11.0. The van der Waals surface area contributed by atoms with Crippen LogP contribution in [0.2, 0.25) is 5.02 Å². The summed E-state index contributed by atoms with van der Waals surface area (Å²) in [6.07, 6.45) is 6.14. The Balaban J connectivity index is 1.58. The summed E-state index contributed by atoms with van der Waals surface area (Å²) in [6, 6.07) is 5.37. The van der Waals surface area contributed by atoms with Crippen LogP contribution in [0.1, 0.15) is 44.6 Å². The number of likely N-dealkylation sites (tertiary alicyclic amines) is 1. The Morgan fingerprint density at radius 3 is 3.04 bits per heavy atom. The maximum Gasteiger partial charge on any atom is 0.230 e. The van der Waals surface area contributed by atoms with Crippen molar-refractivity contribution in [2.75, 3.05) is 25.4 Å². The van der Waals surface area contributed by atoms with Crippen LogP contribution in [0.25, 0.3) is 0 Å². The molecule has 0 unspecified atom stereocenters. The molecule has 1 fully saturated rings. The summed E-state index contributed by atoms with van der Waals surface area (Å²) in [6.45, 7) is 5.21. The smallest absolute Gasteiger partial charge is 0.230 e. The molecule has 1 saturated heterocycles. The van der Waals surface area contributed by atoms with Gasteiger partial charge in [-0.25, -0.2) is 4.39 Å². The summed E-state index contributed by atoms with van der Waals surface area (Å²) in [5.74, 6) is 0.531. The van der Waals surface area contributed by atoms with E-state index in [0.717, 1.165) is 13.0 Å². The van der Waals surface area contributed by atoms with Gasteiger partial charge in [-0.1, -0.05) is 31.0 Å². The van der Waals surface area contributed by atoms with Gasteiger partial charge >= 0.3 is 0 Å². The van der Waals surface area contributed by atoms with Gasteiger partial charge in [0, 0.05) is 29.9 Å². The van der Waals surface area contributed by atoms with Crippen molar-refractivity contribution in [1.29, 1.82) is 0 Å². The largest absolute Gasteiger partial charge is 0.355 e. The fraction of sp³-hybridized carbons (Fsp3) is 0.632. The van der Waals surface area contributed by atoms with E-state index in [1.165, 1.54) is 50.1 Å². The van der Waals surface area contributed by atoms with Crippen molar-refractivity contribution >= 4 is 29.3 Å².